The van der Waals surface area contributed by atoms with E-state index in [2.05, 4.69) is 4.74 Å². The molecule has 14 heavy (non-hydrogen) atoms. The maximum Gasteiger partial charge on any atom is 0.313 e. The Morgan fingerprint density at radius 1 is 1.50 bits per heavy atom. The molecule has 0 saturated carbocycles. The van der Waals surface area contributed by atoms with Crippen molar-refractivity contribution in [2.45, 2.75) is 6.42 Å². The summed E-state index contributed by atoms with van der Waals surface area (Å²) < 4.78 is 5.07. The molecular formula is C8H6Cl2O3S. The number of halogens is 2. The summed E-state index contributed by atoms with van der Waals surface area (Å²) in [5, 5.41) is 0. The minimum atomic E-state index is -0.589. The summed E-state index contributed by atoms with van der Waals surface area (Å²) >= 11 is 12.5. The number of thiophene rings is 1. The molecular weight excluding hydrogens is 247 g/mol. The predicted molar refractivity (Wildman–Crippen MR) is 55.3 cm³/mol. The van der Waals surface area contributed by atoms with E-state index in [0.717, 1.165) is 11.3 Å². The molecule has 3 nitrogen and oxygen atoms in total. The van der Waals surface area contributed by atoms with Gasteiger partial charge in [-0.2, -0.15) is 0 Å². The normalized spacial score (nSPS) is 9.93. The molecule has 0 aliphatic carbocycles. The molecule has 0 radical (unpaired) electrons. The minimum absolute atomic E-state index is 0.270. The van der Waals surface area contributed by atoms with Gasteiger partial charge in [0.15, 0.2) is 5.78 Å². The van der Waals surface area contributed by atoms with E-state index in [1.54, 1.807) is 0 Å². The zero-order valence-electron chi connectivity index (χ0n) is 7.17. The van der Waals surface area contributed by atoms with Crippen molar-refractivity contribution in [1.29, 1.82) is 0 Å². The molecule has 0 spiro atoms. The second-order valence-electron chi connectivity index (χ2n) is 2.41. The summed E-state index contributed by atoms with van der Waals surface area (Å²) in [5.41, 5.74) is 0.270. The van der Waals surface area contributed by atoms with Gasteiger partial charge in [0.1, 0.15) is 10.8 Å². The van der Waals surface area contributed by atoms with Crippen LogP contribution in [0.25, 0.3) is 0 Å². The van der Waals surface area contributed by atoms with Crippen molar-refractivity contribution < 1.29 is 14.3 Å². The molecule has 6 heteroatoms. The molecule has 1 rings (SSSR count). The van der Waals surface area contributed by atoms with Gasteiger partial charge in [0, 0.05) is 5.56 Å². The summed E-state index contributed by atoms with van der Waals surface area (Å²) in [5.74, 6) is -0.974. The Labute approximate surface area is 94.6 Å². The molecule has 0 atom stereocenters. The first-order chi connectivity index (χ1) is 6.54. The lowest BCUT2D eigenvalue weighted by atomic mass is 10.2. The molecule has 0 saturated heterocycles. The molecule has 0 aliphatic rings. The van der Waals surface area contributed by atoms with Crippen LogP contribution in [0.15, 0.2) is 6.07 Å². The van der Waals surface area contributed by atoms with Crippen LogP contribution in [-0.2, 0) is 9.53 Å². The fraction of sp³-hybridized carbons (Fsp3) is 0.250. The van der Waals surface area contributed by atoms with Crippen molar-refractivity contribution in [3.05, 3.63) is 20.3 Å². The summed E-state index contributed by atoms with van der Waals surface area (Å²) in [6.45, 7) is 0. The number of methoxy groups -OCH3 is 1. The van der Waals surface area contributed by atoms with E-state index < -0.39 is 5.97 Å². The summed E-state index contributed by atoms with van der Waals surface area (Å²) in [4.78, 5) is 22.2. The average Bonchev–Trinajstić information content (AvgIpc) is 2.45. The fourth-order valence-corrected chi connectivity index (χ4v) is 2.33. The fourth-order valence-electron chi connectivity index (χ4n) is 0.829. The number of esters is 1. The van der Waals surface area contributed by atoms with E-state index in [1.165, 1.54) is 13.2 Å². The third-order valence-corrected chi connectivity index (χ3v) is 2.98. The van der Waals surface area contributed by atoms with Crippen molar-refractivity contribution in [1.82, 2.24) is 0 Å². The third kappa shape index (κ3) is 2.70. The van der Waals surface area contributed by atoms with Gasteiger partial charge in [-0.05, 0) is 6.07 Å². The van der Waals surface area contributed by atoms with Crippen LogP contribution in [0.4, 0.5) is 0 Å². The standard InChI is InChI=1S/C8H6Cl2O3S/c1-13-7(12)3-5(11)4-2-6(9)14-8(4)10/h2H,3H2,1H3. The number of carbonyl (C=O) groups excluding carboxylic acids is 2. The minimum Gasteiger partial charge on any atom is -0.469 e. The Balaban J connectivity index is 2.79. The summed E-state index contributed by atoms with van der Waals surface area (Å²) in [6, 6.07) is 1.44. The Kier molecular flexibility index (Phi) is 3.92. The van der Waals surface area contributed by atoms with Gasteiger partial charge >= 0.3 is 5.97 Å². The van der Waals surface area contributed by atoms with Crippen LogP contribution in [0.3, 0.4) is 0 Å². The van der Waals surface area contributed by atoms with Crippen LogP contribution < -0.4 is 0 Å². The summed E-state index contributed by atoms with van der Waals surface area (Å²) in [6.07, 6.45) is -0.316. The highest BCUT2D eigenvalue weighted by atomic mass is 35.5. The molecule has 1 aromatic heterocycles. The molecule has 0 bridgehead atoms. The number of hydrogen-bond donors (Lipinski definition) is 0. The molecule has 1 heterocycles. The lowest BCUT2D eigenvalue weighted by Crippen LogP contribution is -2.08. The van der Waals surface area contributed by atoms with E-state index in [4.69, 9.17) is 23.2 Å². The highest BCUT2D eigenvalue weighted by molar-refractivity contribution is 7.20. The van der Waals surface area contributed by atoms with Crippen molar-refractivity contribution in [2.24, 2.45) is 0 Å². The van der Waals surface area contributed by atoms with Crippen LogP contribution >= 0.6 is 34.5 Å². The van der Waals surface area contributed by atoms with E-state index in [1.807, 2.05) is 0 Å². The lowest BCUT2D eigenvalue weighted by Gasteiger charge is -1.97. The Hall–Kier alpha value is -0.580. The topological polar surface area (TPSA) is 43.4 Å². The van der Waals surface area contributed by atoms with Crippen LogP contribution in [0.2, 0.25) is 8.67 Å². The zero-order chi connectivity index (χ0) is 10.7. The van der Waals surface area contributed by atoms with Crippen LogP contribution in [0, 0.1) is 0 Å². The predicted octanol–water partition coefficient (Wildman–Crippen LogP) is 2.80. The van der Waals surface area contributed by atoms with E-state index in [0.29, 0.717) is 8.67 Å². The van der Waals surface area contributed by atoms with E-state index in [9.17, 15) is 9.59 Å². The number of carbonyl (C=O) groups is 2. The van der Waals surface area contributed by atoms with Crippen molar-refractivity contribution in [2.75, 3.05) is 7.11 Å². The Morgan fingerprint density at radius 2 is 2.14 bits per heavy atom. The van der Waals surface area contributed by atoms with Crippen molar-refractivity contribution in [3.63, 3.8) is 0 Å². The Bertz CT molecular complexity index is 373. The number of rotatable bonds is 3. The molecule has 0 aromatic carbocycles. The first kappa shape index (κ1) is 11.5. The molecule has 0 fully saturated rings. The molecule has 1 aromatic rings. The van der Waals surface area contributed by atoms with Crippen LogP contribution in [-0.4, -0.2) is 18.9 Å². The molecule has 76 valence electrons. The SMILES string of the molecule is COC(=O)CC(=O)c1cc(Cl)sc1Cl. The number of Topliss-reactive ketones (excluding diaryl/α,β-unsaturated/α-hetero) is 1. The third-order valence-electron chi connectivity index (χ3n) is 1.49. The van der Waals surface area contributed by atoms with Crippen molar-refractivity contribution in [3.8, 4) is 0 Å². The zero-order valence-corrected chi connectivity index (χ0v) is 9.50. The molecule has 0 aliphatic heterocycles. The van der Waals surface area contributed by atoms with Gasteiger partial charge < -0.3 is 4.74 Å². The summed E-state index contributed by atoms with van der Waals surface area (Å²) in [7, 11) is 1.22. The first-order valence-electron chi connectivity index (χ1n) is 3.59. The van der Waals surface area contributed by atoms with Gasteiger partial charge in [-0.3, -0.25) is 9.59 Å². The quantitative estimate of drug-likeness (QED) is 0.472. The Morgan fingerprint density at radius 3 is 2.57 bits per heavy atom. The van der Waals surface area contributed by atoms with E-state index in [-0.39, 0.29) is 17.8 Å². The van der Waals surface area contributed by atoms with Gasteiger partial charge in [-0.25, -0.2) is 0 Å². The van der Waals surface area contributed by atoms with Crippen LogP contribution in [0.1, 0.15) is 16.8 Å². The molecule has 0 N–H and O–H groups in total. The maximum absolute atomic E-state index is 11.4. The lowest BCUT2D eigenvalue weighted by molar-refractivity contribution is -0.139. The highest BCUT2D eigenvalue weighted by Gasteiger charge is 2.17. The van der Waals surface area contributed by atoms with Crippen molar-refractivity contribution >= 4 is 46.3 Å². The van der Waals surface area contributed by atoms with Crippen LogP contribution in [0.5, 0.6) is 0 Å². The molecule has 0 unspecified atom stereocenters. The maximum atomic E-state index is 11.4. The van der Waals surface area contributed by atoms with Gasteiger partial charge in [-0.1, -0.05) is 23.2 Å². The molecule has 0 amide bonds. The van der Waals surface area contributed by atoms with Gasteiger partial charge in [0.25, 0.3) is 0 Å². The number of ketones is 1. The largest absolute Gasteiger partial charge is 0.469 e. The second-order valence-corrected chi connectivity index (χ2v) is 4.70. The average molecular weight is 253 g/mol. The number of hydrogen-bond acceptors (Lipinski definition) is 4. The first-order valence-corrected chi connectivity index (χ1v) is 5.16. The second kappa shape index (κ2) is 4.77. The number of ether oxygens (including phenoxy) is 1. The van der Waals surface area contributed by atoms with Gasteiger partial charge in [0.05, 0.1) is 11.4 Å². The van der Waals surface area contributed by atoms with Gasteiger partial charge in [-0.15, -0.1) is 11.3 Å². The van der Waals surface area contributed by atoms with Gasteiger partial charge in [0.2, 0.25) is 0 Å². The smallest absolute Gasteiger partial charge is 0.313 e. The highest BCUT2D eigenvalue weighted by Crippen LogP contribution is 2.31. The monoisotopic (exact) mass is 252 g/mol. The van der Waals surface area contributed by atoms with E-state index >= 15 is 0 Å².